The highest BCUT2D eigenvalue weighted by molar-refractivity contribution is 5.96. The number of nitrogens with zero attached hydrogens (tertiary/aromatic N) is 1. The van der Waals surface area contributed by atoms with Crippen LogP contribution in [-0.2, 0) is 6.61 Å². The standard InChI is InChI=1S/C20H16FNO2/c1-14(23)16-7-8-20(24-13-15-5-3-2-4-6-15)19(10-16)17-9-18(21)12-22-11-17/h2-12H,13H2,1H3. The minimum absolute atomic E-state index is 0.0600. The zero-order valence-electron chi connectivity index (χ0n) is 13.2. The first-order valence-electron chi connectivity index (χ1n) is 7.56. The minimum Gasteiger partial charge on any atom is -0.488 e. The van der Waals surface area contributed by atoms with Gasteiger partial charge in [-0.15, -0.1) is 0 Å². The molecule has 3 nitrogen and oxygen atoms in total. The van der Waals surface area contributed by atoms with Gasteiger partial charge in [-0.05, 0) is 36.8 Å². The van der Waals surface area contributed by atoms with E-state index in [9.17, 15) is 9.18 Å². The van der Waals surface area contributed by atoms with E-state index in [-0.39, 0.29) is 5.78 Å². The number of rotatable bonds is 5. The Labute approximate surface area is 139 Å². The van der Waals surface area contributed by atoms with Crippen LogP contribution in [0.5, 0.6) is 5.75 Å². The molecule has 4 heteroatoms. The Kier molecular flexibility index (Phi) is 4.66. The number of pyridine rings is 1. The highest BCUT2D eigenvalue weighted by Crippen LogP contribution is 2.32. The first-order chi connectivity index (χ1) is 11.6. The van der Waals surface area contributed by atoms with E-state index < -0.39 is 5.82 Å². The van der Waals surface area contributed by atoms with Crippen LogP contribution in [0.3, 0.4) is 0 Å². The molecular weight excluding hydrogens is 305 g/mol. The number of carbonyl (C=O) groups excluding carboxylic acids is 1. The molecule has 0 aliphatic rings. The number of Topliss-reactive ketones (excluding diaryl/α,β-unsaturated/α-hetero) is 1. The van der Waals surface area contributed by atoms with Crippen LogP contribution >= 0.6 is 0 Å². The molecule has 0 radical (unpaired) electrons. The van der Waals surface area contributed by atoms with Gasteiger partial charge in [-0.2, -0.15) is 0 Å². The fourth-order valence-corrected chi connectivity index (χ4v) is 2.39. The molecule has 0 unspecified atom stereocenters. The van der Waals surface area contributed by atoms with Gasteiger partial charge in [-0.3, -0.25) is 9.78 Å². The van der Waals surface area contributed by atoms with Crippen LogP contribution in [0.1, 0.15) is 22.8 Å². The molecule has 1 heterocycles. The quantitative estimate of drug-likeness (QED) is 0.641. The second-order valence-corrected chi connectivity index (χ2v) is 5.43. The average Bonchev–Trinajstić information content (AvgIpc) is 2.60. The van der Waals surface area contributed by atoms with Crippen molar-refractivity contribution in [3.63, 3.8) is 0 Å². The fraction of sp³-hybridized carbons (Fsp3) is 0.100. The second-order valence-electron chi connectivity index (χ2n) is 5.43. The predicted octanol–water partition coefficient (Wildman–Crippen LogP) is 4.67. The van der Waals surface area contributed by atoms with E-state index in [0.717, 1.165) is 11.8 Å². The lowest BCUT2D eigenvalue weighted by Gasteiger charge is -2.13. The Morgan fingerprint density at radius 3 is 2.58 bits per heavy atom. The summed E-state index contributed by atoms with van der Waals surface area (Å²) in [5.74, 6) is 0.0845. The molecule has 0 saturated carbocycles. The zero-order chi connectivity index (χ0) is 16.9. The fourth-order valence-electron chi connectivity index (χ4n) is 2.39. The Hall–Kier alpha value is -3.01. The van der Waals surface area contributed by atoms with Gasteiger partial charge in [0.15, 0.2) is 5.78 Å². The maximum absolute atomic E-state index is 13.5. The van der Waals surface area contributed by atoms with Crippen molar-refractivity contribution in [1.82, 2.24) is 4.98 Å². The molecule has 0 bridgehead atoms. The molecule has 24 heavy (non-hydrogen) atoms. The second kappa shape index (κ2) is 7.04. The summed E-state index contributed by atoms with van der Waals surface area (Å²) >= 11 is 0. The molecule has 0 aliphatic heterocycles. The highest BCUT2D eigenvalue weighted by atomic mass is 19.1. The molecule has 3 rings (SSSR count). The third-order valence-electron chi connectivity index (χ3n) is 3.64. The third-order valence-corrected chi connectivity index (χ3v) is 3.64. The normalized spacial score (nSPS) is 10.4. The van der Waals surface area contributed by atoms with Crippen molar-refractivity contribution in [3.8, 4) is 16.9 Å². The summed E-state index contributed by atoms with van der Waals surface area (Å²) < 4.78 is 19.4. The number of ether oxygens (including phenoxy) is 1. The monoisotopic (exact) mass is 321 g/mol. The molecule has 2 aromatic carbocycles. The smallest absolute Gasteiger partial charge is 0.159 e. The molecule has 0 spiro atoms. The lowest BCUT2D eigenvalue weighted by Crippen LogP contribution is -1.99. The topological polar surface area (TPSA) is 39.2 Å². The Morgan fingerprint density at radius 1 is 1.08 bits per heavy atom. The summed E-state index contributed by atoms with van der Waals surface area (Å²) in [4.78, 5) is 15.5. The maximum Gasteiger partial charge on any atom is 0.159 e. The first kappa shape index (κ1) is 15.9. The molecule has 0 aliphatic carbocycles. The van der Waals surface area contributed by atoms with E-state index in [1.54, 1.807) is 24.4 Å². The molecule has 3 aromatic rings. The van der Waals surface area contributed by atoms with Crippen LogP contribution < -0.4 is 4.74 Å². The van der Waals surface area contributed by atoms with Gasteiger partial charge < -0.3 is 4.74 Å². The molecule has 0 amide bonds. The van der Waals surface area contributed by atoms with Gasteiger partial charge in [-0.1, -0.05) is 30.3 Å². The number of aromatic nitrogens is 1. The SMILES string of the molecule is CC(=O)c1ccc(OCc2ccccc2)c(-c2cncc(F)c2)c1. The van der Waals surface area contributed by atoms with Gasteiger partial charge in [0.25, 0.3) is 0 Å². The van der Waals surface area contributed by atoms with Crippen LogP contribution in [0, 0.1) is 5.82 Å². The highest BCUT2D eigenvalue weighted by Gasteiger charge is 2.11. The van der Waals surface area contributed by atoms with Crippen molar-refractivity contribution in [1.29, 1.82) is 0 Å². The number of hydrogen-bond donors (Lipinski definition) is 0. The molecule has 0 saturated heterocycles. The summed E-state index contributed by atoms with van der Waals surface area (Å²) in [7, 11) is 0. The van der Waals surface area contributed by atoms with Gasteiger partial charge in [0.1, 0.15) is 18.2 Å². The van der Waals surface area contributed by atoms with Crippen molar-refractivity contribution in [3.05, 3.63) is 83.9 Å². The lowest BCUT2D eigenvalue weighted by atomic mass is 10.0. The van der Waals surface area contributed by atoms with Crippen molar-refractivity contribution in [2.45, 2.75) is 13.5 Å². The molecule has 1 aromatic heterocycles. The largest absolute Gasteiger partial charge is 0.488 e. The van der Waals surface area contributed by atoms with Gasteiger partial charge in [0.05, 0.1) is 6.20 Å². The Morgan fingerprint density at radius 2 is 1.88 bits per heavy atom. The van der Waals surface area contributed by atoms with Crippen LogP contribution in [0.2, 0.25) is 0 Å². The summed E-state index contributed by atoms with van der Waals surface area (Å²) in [5.41, 5.74) is 2.78. The molecule has 0 atom stereocenters. The van der Waals surface area contributed by atoms with Gasteiger partial charge in [-0.25, -0.2) is 4.39 Å². The first-order valence-corrected chi connectivity index (χ1v) is 7.56. The van der Waals surface area contributed by atoms with Crippen LogP contribution in [0.15, 0.2) is 67.0 Å². The molecule has 120 valence electrons. The number of benzene rings is 2. The molecule has 0 fully saturated rings. The minimum atomic E-state index is -0.435. The van der Waals surface area contributed by atoms with Gasteiger partial charge in [0.2, 0.25) is 0 Å². The van der Waals surface area contributed by atoms with Crippen LogP contribution in [-0.4, -0.2) is 10.8 Å². The van der Waals surface area contributed by atoms with Crippen molar-refractivity contribution >= 4 is 5.78 Å². The van der Waals surface area contributed by atoms with E-state index in [2.05, 4.69) is 4.98 Å². The van der Waals surface area contributed by atoms with Crippen molar-refractivity contribution in [2.75, 3.05) is 0 Å². The number of halogens is 1. The van der Waals surface area contributed by atoms with Crippen molar-refractivity contribution < 1.29 is 13.9 Å². The van der Waals surface area contributed by atoms with E-state index in [1.807, 2.05) is 30.3 Å². The third kappa shape index (κ3) is 3.66. The predicted molar refractivity (Wildman–Crippen MR) is 90.4 cm³/mol. The average molecular weight is 321 g/mol. The summed E-state index contributed by atoms with van der Waals surface area (Å²) in [6, 6.07) is 16.3. The summed E-state index contributed by atoms with van der Waals surface area (Å²) in [6.45, 7) is 1.88. The van der Waals surface area contributed by atoms with E-state index in [0.29, 0.717) is 29.0 Å². The molecular formula is C20H16FNO2. The van der Waals surface area contributed by atoms with E-state index in [1.165, 1.54) is 13.0 Å². The van der Waals surface area contributed by atoms with E-state index in [4.69, 9.17) is 4.74 Å². The van der Waals surface area contributed by atoms with Gasteiger partial charge >= 0.3 is 0 Å². The summed E-state index contributed by atoms with van der Waals surface area (Å²) in [6.07, 6.45) is 2.69. The maximum atomic E-state index is 13.5. The van der Waals surface area contributed by atoms with Crippen LogP contribution in [0.25, 0.3) is 11.1 Å². The summed E-state index contributed by atoms with van der Waals surface area (Å²) in [5, 5.41) is 0. The van der Waals surface area contributed by atoms with Crippen molar-refractivity contribution in [2.24, 2.45) is 0 Å². The number of ketones is 1. The van der Waals surface area contributed by atoms with Gasteiger partial charge in [0, 0.05) is 22.9 Å². The number of hydrogen-bond acceptors (Lipinski definition) is 3. The molecule has 0 N–H and O–H groups in total. The Balaban J connectivity index is 1.97. The van der Waals surface area contributed by atoms with Crippen LogP contribution in [0.4, 0.5) is 4.39 Å². The Bertz CT molecular complexity index is 863. The zero-order valence-corrected chi connectivity index (χ0v) is 13.2. The number of carbonyl (C=O) groups is 1. The van der Waals surface area contributed by atoms with E-state index >= 15 is 0 Å². The lowest BCUT2D eigenvalue weighted by molar-refractivity contribution is 0.101.